The fraction of sp³-hybridized carbons (Fsp3) is 0.286. The van der Waals surface area contributed by atoms with Crippen molar-refractivity contribution in [3.63, 3.8) is 0 Å². The zero-order valence-corrected chi connectivity index (χ0v) is 10.4. The lowest BCUT2D eigenvalue weighted by Gasteiger charge is -2.17. The van der Waals surface area contributed by atoms with E-state index in [1.54, 1.807) is 0 Å². The molecule has 2 amide bonds. The van der Waals surface area contributed by atoms with Gasteiger partial charge in [-0.2, -0.15) is 0 Å². The van der Waals surface area contributed by atoms with E-state index in [-0.39, 0.29) is 11.8 Å². The molecule has 0 aromatic heterocycles. The molecule has 5 heteroatoms. The number of halogens is 1. The number of amides is 2. The van der Waals surface area contributed by atoms with E-state index in [9.17, 15) is 14.0 Å². The first-order valence-electron chi connectivity index (χ1n) is 6.17. The molecule has 0 fully saturated rings. The molecule has 1 aromatic carbocycles. The van der Waals surface area contributed by atoms with Gasteiger partial charge in [0.25, 0.3) is 5.91 Å². The van der Waals surface area contributed by atoms with Crippen molar-refractivity contribution in [2.24, 2.45) is 5.92 Å². The van der Waals surface area contributed by atoms with Crippen molar-refractivity contribution >= 4 is 11.8 Å². The lowest BCUT2D eigenvalue weighted by molar-refractivity contribution is -0.126. The number of rotatable bonds is 2. The minimum absolute atomic E-state index is 0.0986. The highest BCUT2D eigenvalue weighted by atomic mass is 19.1. The van der Waals surface area contributed by atoms with E-state index in [0.29, 0.717) is 12.0 Å². The van der Waals surface area contributed by atoms with Gasteiger partial charge in [-0.1, -0.05) is 12.2 Å². The second-order valence-electron chi connectivity index (χ2n) is 4.43. The summed E-state index contributed by atoms with van der Waals surface area (Å²) in [7, 11) is 0. The molecule has 19 heavy (non-hydrogen) atoms. The highest BCUT2D eigenvalue weighted by Crippen LogP contribution is 2.17. The molecule has 0 radical (unpaired) electrons. The van der Waals surface area contributed by atoms with Crippen LogP contribution in [0.3, 0.4) is 0 Å². The summed E-state index contributed by atoms with van der Waals surface area (Å²) in [5.41, 5.74) is 5.03. The second kappa shape index (κ2) is 6.13. The molecule has 100 valence electrons. The molecule has 0 aliphatic heterocycles. The Labute approximate surface area is 110 Å². The summed E-state index contributed by atoms with van der Waals surface area (Å²) >= 11 is 0. The van der Waals surface area contributed by atoms with E-state index in [2.05, 4.69) is 10.9 Å². The predicted octanol–water partition coefficient (Wildman–Crippen LogP) is 1.94. The van der Waals surface area contributed by atoms with Gasteiger partial charge in [0.2, 0.25) is 5.91 Å². The number of carbonyl (C=O) groups is 2. The van der Waals surface area contributed by atoms with E-state index in [1.165, 1.54) is 24.3 Å². The third-order valence-electron chi connectivity index (χ3n) is 3.05. The van der Waals surface area contributed by atoms with Gasteiger partial charge in [0.1, 0.15) is 5.82 Å². The van der Waals surface area contributed by atoms with E-state index in [4.69, 9.17) is 0 Å². The first kappa shape index (κ1) is 13.3. The van der Waals surface area contributed by atoms with Crippen LogP contribution in [0, 0.1) is 11.7 Å². The summed E-state index contributed by atoms with van der Waals surface area (Å²) in [4.78, 5) is 23.4. The molecule has 0 saturated heterocycles. The Balaban J connectivity index is 1.84. The highest BCUT2D eigenvalue weighted by molar-refractivity contribution is 5.95. The van der Waals surface area contributed by atoms with Gasteiger partial charge in [0, 0.05) is 11.5 Å². The fourth-order valence-electron chi connectivity index (χ4n) is 1.93. The van der Waals surface area contributed by atoms with E-state index < -0.39 is 11.7 Å². The first-order chi connectivity index (χ1) is 9.16. The van der Waals surface area contributed by atoms with Crippen LogP contribution < -0.4 is 10.9 Å². The van der Waals surface area contributed by atoms with Crippen molar-refractivity contribution in [1.82, 2.24) is 10.9 Å². The van der Waals surface area contributed by atoms with Gasteiger partial charge in [-0.25, -0.2) is 4.39 Å². The molecular weight excluding hydrogens is 247 g/mol. The smallest absolute Gasteiger partial charge is 0.269 e. The van der Waals surface area contributed by atoms with Crippen LogP contribution >= 0.6 is 0 Å². The quantitative estimate of drug-likeness (QED) is 0.632. The lowest BCUT2D eigenvalue weighted by Crippen LogP contribution is -2.44. The minimum Gasteiger partial charge on any atom is -0.273 e. The summed E-state index contributed by atoms with van der Waals surface area (Å²) in [5.74, 6) is -1.16. The summed E-state index contributed by atoms with van der Waals surface area (Å²) in [6.07, 6.45) is 6.37. The molecule has 4 nitrogen and oxygen atoms in total. The third kappa shape index (κ3) is 3.64. The maximum atomic E-state index is 12.7. The van der Waals surface area contributed by atoms with Crippen LogP contribution in [0.2, 0.25) is 0 Å². The Bertz CT molecular complexity index is 497. The number of hydrogen-bond acceptors (Lipinski definition) is 2. The van der Waals surface area contributed by atoms with Gasteiger partial charge in [0.05, 0.1) is 0 Å². The fourth-order valence-corrected chi connectivity index (χ4v) is 1.93. The highest BCUT2D eigenvalue weighted by Gasteiger charge is 2.19. The molecule has 0 heterocycles. The van der Waals surface area contributed by atoms with Crippen molar-refractivity contribution in [3.8, 4) is 0 Å². The second-order valence-corrected chi connectivity index (χ2v) is 4.43. The zero-order chi connectivity index (χ0) is 13.7. The van der Waals surface area contributed by atoms with Crippen LogP contribution in [0.1, 0.15) is 29.6 Å². The van der Waals surface area contributed by atoms with Gasteiger partial charge in [-0.3, -0.25) is 20.4 Å². The molecule has 0 spiro atoms. The third-order valence-corrected chi connectivity index (χ3v) is 3.05. The lowest BCUT2D eigenvalue weighted by atomic mass is 9.94. The van der Waals surface area contributed by atoms with Crippen LogP contribution in [-0.2, 0) is 4.79 Å². The van der Waals surface area contributed by atoms with Crippen molar-refractivity contribution in [1.29, 1.82) is 0 Å². The number of hydrazine groups is 1. The van der Waals surface area contributed by atoms with E-state index in [1.807, 2.05) is 12.2 Å². The van der Waals surface area contributed by atoms with Crippen LogP contribution in [0.15, 0.2) is 36.4 Å². The number of nitrogens with one attached hydrogen (secondary N) is 2. The van der Waals surface area contributed by atoms with Crippen molar-refractivity contribution < 1.29 is 14.0 Å². The van der Waals surface area contributed by atoms with Gasteiger partial charge in [0.15, 0.2) is 0 Å². The summed E-state index contributed by atoms with van der Waals surface area (Å²) < 4.78 is 12.7. The average Bonchev–Trinajstić information content (AvgIpc) is 2.46. The largest absolute Gasteiger partial charge is 0.273 e. The standard InChI is InChI=1S/C14H15FN2O2/c15-12-8-6-11(7-9-12)14(19)17-16-13(18)10-4-2-1-3-5-10/h1-2,6-10H,3-5H2,(H,16,18)(H,17,19). The molecule has 0 saturated carbocycles. The number of benzene rings is 1. The molecule has 1 aliphatic rings. The van der Waals surface area contributed by atoms with Gasteiger partial charge >= 0.3 is 0 Å². The monoisotopic (exact) mass is 262 g/mol. The zero-order valence-electron chi connectivity index (χ0n) is 10.4. The average molecular weight is 262 g/mol. The Hall–Kier alpha value is -2.17. The molecule has 1 unspecified atom stereocenters. The van der Waals surface area contributed by atoms with Crippen molar-refractivity contribution in [2.75, 3.05) is 0 Å². The first-order valence-corrected chi connectivity index (χ1v) is 6.17. The molecule has 2 N–H and O–H groups in total. The number of hydrogen-bond donors (Lipinski definition) is 2. The van der Waals surface area contributed by atoms with E-state index >= 15 is 0 Å². The van der Waals surface area contributed by atoms with Gasteiger partial charge in [-0.05, 0) is 43.5 Å². The summed E-state index contributed by atoms with van der Waals surface area (Å²) in [6, 6.07) is 5.12. The van der Waals surface area contributed by atoms with Crippen molar-refractivity contribution in [2.45, 2.75) is 19.3 Å². The van der Waals surface area contributed by atoms with Gasteiger partial charge in [-0.15, -0.1) is 0 Å². The molecule has 1 atom stereocenters. The summed E-state index contributed by atoms with van der Waals surface area (Å²) in [5, 5.41) is 0. The summed E-state index contributed by atoms with van der Waals surface area (Å²) in [6.45, 7) is 0. The SMILES string of the molecule is O=C(NNC(=O)C1CC=CCC1)c1ccc(F)cc1. The normalized spacial score (nSPS) is 17.8. The Morgan fingerprint density at radius 3 is 2.47 bits per heavy atom. The molecule has 2 rings (SSSR count). The Morgan fingerprint density at radius 1 is 1.11 bits per heavy atom. The van der Waals surface area contributed by atoms with Gasteiger partial charge < -0.3 is 0 Å². The maximum absolute atomic E-state index is 12.7. The van der Waals surface area contributed by atoms with Crippen LogP contribution in [-0.4, -0.2) is 11.8 Å². The molecule has 1 aromatic rings. The molecule has 0 bridgehead atoms. The Kier molecular flexibility index (Phi) is 4.28. The molecule has 1 aliphatic carbocycles. The minimum atomic E-state index is -0.459. The van der Waals surface area contributed by atoms with Crippen LogP contribution in [0.25, 0.3) is 0 Å². The van der Waals surface area contributed by atoms with Crippen molar-refractivity contribution in [3.05, 3.63) is 47.8 Å². The predicted molar refractivity (Wildman–Crippen MR) is 68.5 cm³/mol. The topological polar surface area (TPSA) is 58.2 Å². The number of allylic oxidation sites excluding steroid dienone is 2. The Morgan fingerprint density at radius 2 is 1.84 bits per heavy atom. The van der Waals surface area contributed by atoms with E-state index in [0.717, 1.165) is 12.8 Å². The molecular formula is C14H15FN2O2. The number of carbonyl (C=O) groups excluding carboxylic acids is 2. The van der Waals surface area contributed by atoms with Crippen LogP contribution in [0.4, 0.5) is 4.39 Å². The maximum Gasteiger partial charge on any atom is 0.269 e. The van der Waals surface area contributed by atoms with Crippen LogP contribution in [0.5, 0.6) is 0 Å².